The van der Waals surface area contributed by atoms with E-state index < -0.39 is 5.97 Å². The van der Waals surface area contributed by atoms with E-state index >= 15 is 0 Å². The van der Waals surface area contributed by atoms with Gasteiger partial charge in [-0.25, -0.2) is 0 Å². The zero-order valence-electron chi connectivity index (χ0n) is 15.5. The number of piperidine rings is 1. The average molecular weight is 385 g/mol. The van der Waals surface area contributed by atoms with E-state index in [1.54, 1.807) is 13.0 Å². The summed E-state index contributed by atoms with van der Waals surface area (Å²) in [5.41, 5.74) is 0.619. The van der Waals surface area contributed by atoms with Crippen molar-refractivity contribution in [2.45, 2.75) is 32.7 Å². The zero-order valence-corrected chi connectivity index (χ0v) is 16.3. The smallest absolute Gasteiger partial charge is 0.317 e. The minimum absolute atomic E-state index is 0. The van der Waals surface area contributed by atoms with Crippen LogP contribution in [-0.4, -0.2) is 72.0 Å². The summed E-state index contributed by atoms with van der Waals surface area (Å²) in [4.78, 5) is 26.9. The van der Waals surface area contributed by atoms with Gasteiger partial charge in [-0.2, -0.15) is 0 Å². The van der Waals surface area contributed by atoms with Gasteiger partial charge in [-0.15, -0.1) is 12.4 Å². The lowest BCUT2D eigenvalue weighted by Gasteiger charge is -2.37. The Balaban J connectivity index is 0.00000338. The molecule has 6 nitrogen and oxygen atoms in total. The van der Waals surface area contributed by atoms with E-state index in [1.807, 2.05) is 30.0 Å². The number of ether oxygens (including phenoxy) is 1. The lowest BCUT2D eigenvalue weighted by Crippen LogP contribution is -2.47. The number of carboxylic acids is 1. The van der Waals surface area contributed by atoms with Gasteiger partial charge in [0.1, 0.15) is 12.4 Å². The molecule has 1 saturated heterocycles. The molecule has 7 heteroatoms. The van der Waals surface area contributed by atoms with Crippen LogP contribution in [0, 0.1) is 0 Å². The highest BCUT2D eigenvalue weighted by Gasteiger charge is 2.24. The molecule has 26 heavy (non-hydrogen) atoms. The Morgan fingerprint density at radius 1 is 1.27 bits per heavy atom. The van der Waals surface area contributed by atoms with E-state index in [0.29, 0.717) is 24.0 Å². The third-order valence-electron chi connectivity index (χ3n) is 4.75. The van der Waals surface area contributed by atoms with Crippen molar-refractivity contribution in [1.29, 1.82) is 0 Å². The molecule has 0 bridgehead atoms. The fraction of sp³-hybridized carbons (Fsp3) is 0.579. The summed E-state index contributed by atoms with van der Waals surface area (Å²) < 4.78 is 5.80. The molecule has 0 unspecified atom stereocenters. The van der Waals surface area contributed by atoms with Gasteiger partial charge in [0, 0.05) is 12.6 Å². The van der Waals surface area contributed by atoms with Gasteiger partial charge in [-0.3, -0.25) is 19.4 Å². The second-order valence-corrected chi connectivity index (χ2v) is 6.43. The number of ketones is 1. The number of halogens is 1. The van der Waals surface area contributed by atoms with E-state index in [-0.39, 0.29) is 24.7 Å². The molecule has 1 aliphatic rings. The highest BCUT2D eigenvalue weighted by molar-refractivity contribution is 5.96. The van der Waals surface area contributed by atoms with Crippen molar-refractivity contribution in [3.05, 3.63) is 29.8 Å². The van der Waals surface area contributed by atoms with Gasteiger partial charge < -0.3 is 9.84 Å². The van der Waals surface area contributed by atoms with E-state index in [4.69, 9.17) is 9.84 Å². The Morgan fingerprint density at radius 3 is 2.50 bits per heavy atom. The Bertz CT molecular complexity index is 589. The molecule has 2 rings (SSSR count). The maximum atomic E-state index is 11.6. The standard InChI is InChI=1S/C19H28N2O4.ClH/c1-3-21(14-19(23)24)16-8-10-20(11-9-16)12-13-25-18-7-5-4-6-17(18)15(2)22;/h4-7,16H,3,8-14H2,1-2H3,(H,23,24);1H. The second kappa shape index (κ2) is 11.2. The number of nitrogens with zero attached hydrogens (tertiary/aromatic N) is 2. The van der Waals surface area contributed by atoms with Crippen LogP contribution in [-0.2, 0) is 4.79 Å². The normalized spacial score (nSPS) is 15.5. The summed E-state index contributed by atoms with van der Waals surface area (Å²) in [5, 5.41) is 8.99. The molecule has 0 atom stereocenters. The maximum absolute atomic E-state index is 11.6. The third-order valence-corrected chi connectivity index (χ3v) is 4.75. The summed E-state index contributed by atoms with van der Waals surface area (Å²) in [6.45, 7) is 7.68. The topological polar surface area (TPSA) is 70.1 Å². The summed E-state index contributed by atoms with van der Waals surface area (Å²) in [5.74, 6) is -0.111. The summed E-state index contributed by atoms with van der Waals surface area (Å²) in [7, 11) is 0. The number of benzene rings is 1. The number of aliphatic carboxylic acids is 1. The molecule has 1 fully saturated rings. The van der Waals surface area contributed by atoms with Crippen LogP contribution in [0.1, 0.15) is 37.0 Å². The van der Waals surface area contributed by atoms with Crippen molar-refractivity contribution >= 4 is 24.2 Å². The Kier molecular flexibility index (Phi) is 9.62. The SMILES string of the molecule is CCN(CC(=O)O)C1CCN(CCOc2ccccc2C(C)=O)CC1.Cl. The van der Waals surface area contributed by atoms with Crippen LogP contribution in [0.3, 0.4) is 0 Å². The molecule has 0 amide bonds. The number of para-hydroxylation sites is 1. The first kappa shape index (κ1) is 22.4. The van der Waals surface area contributed by atoms with Gasteiger partial charge in [0.15, 0.2) is 5.78 Å². The molecule has 0 saturated carbocycles. The summed E-state index contributed by atoms with van der Waals surface area (Å²) >= 11 is 0. The number of likely N-dealkylation sites (tertiary alicyclic amines) is 1. The van der Waals surface area contributed by atoms with E-state index in [0.717, 1.165) is 39.0 Å². The van der Waals surface area contributed by atoms with Crippen molar-refractivity contribution in [3.63, 3.8) is 0 Å². The predicted molar refractivity (Wildman–Crippen MR) is 104 cm³/mol. The largest absolute Gasteiger partial charge is 0.491 e. The van der Waals surface area contributed by atoms with Crippen LogP contribution in [0.25, 0.3) is 0 Å². The number of carboxylic acid groups (broad SMARTS) is 1. The van der Waals surface area contributed by atoms with Crippen LogP contribution in [0.15, 0.2) is 24.3 Å². The number of hydrogen-bond donors (Lipinski definition) is 1. The van der Waals surface area contributed by atoms with E-state index in [9.17, 15) is 9.59 Å². The van der Waals surface area contributed by atoms with E-state index in [1.165, 1.54) is 0 Å². The number of carbonyl (C=O) groups excluding carboxylic acids is 1. The molecule has 0 radical (unpaired) electrons. The van der Waals surface area contributed by atoms with Crippen LogP contribution in [0.5, 0.6) is 5.75 Å². The third kappa shape index (κ3) is 6.59. The quantitative estimate of drug-likeness (QED) is 0.660. The zero-order chi connectivity index (χ0) is 18.2. The van der Waals surface area contributed by atoms with Crippen molar-refractivity contribution in [3.8, 4) is 5.75 Å². The van der Waals surface area contributed by atoms with E-state index in [2.05, 4.69) is 4.90 Å². The molecule has 1 heterocycles. The van der Waals surface area contributed by atoms with Crippen LogP contribution in [0.4, 0.5) is 0 Å². The number of likely N-dealkylation sites (N-methyl/N-ethyl adjacent to an activating group) is 1. The Hall–Kier alpha value is -1.63. The maximum Gasteiger partial charge on any atom is 0.317 e. The van der Waals surface area contributed by atoms with Crippen LogP contribution in [0.2, 0.25) is 0 Å². The fourth-order valence-corrected chi connectivity index (χ4v) is 3.35. The minimum atomic E-state index is -0.762. The molecule has 1 aromatic carbocycles. The summed E-state index contributed by atoms with van der Waals surface area (Å²) in [6.07, 6.45) is 1.95. The molecule has 1 N–H and O–H groups in total. The first-order chi connectivity index (χ1) is 12.0. The fourth-order valence-electron chi connectivity index (χ4n) is 3.35. The number of rotatable bonds is 9. The van der Waals surface area contributed by atoms with Gasteiger partial charge in [-0.05, 0) is 51.5 Å². The van der Waals surface area contributed by atoms with Gasteiger partial charge in [0.2, 0.25) is 0 Å². The van der Waals surface area contributed by atoms with Gasteiger partial charge in [0.05, 0.1) is 12.1 Å². The Morgan fingerprint density at radius 2 is 1.92 bits per heavy atom. The van der Waals surface area contributed by atoms with Gasteiger partial charge in [0.25, 0.3) is 0 Å². The number of Topliss-reactive ketones (excluding diaryl/α,β-unsaturated/α-hetero) is 1. The molecule has 1 aromatic rings. The van der Waals surface area contributed by atoms with Crippen molar-refractivity contribution in [2.24, 2.45) is 0 Å². The molecule has 146 valence electrons. The van der Waals surface area contributed by atoms with Crippen molar-refractivity contribution in [1.82, 2.24) is 9.80 Å². The number of hydrogen-bond acceptors (Lipinski definition) is 5. The first-order valence-electron chi connectivity index (χ1n) is 8.92. The molecular formula is C19H29ClN2O4. The summed E-state index contributed by atoms with van der Waals surface area (Å²) in [6, 6.07) is 7.66. The average Bonchev–Trinajstić information content (AvgIpc) is 2.60. The monoisotopic (exact) mass is 384 g/mol. The highest BCUT2D eigenvalue weighted by Crippen LogP contribution is 2.19. The molecule has 0 aromatic heterocycles. The van der Waals surface area contributed by atoms with Crippen molar-refractivity contribution in [2.75, 3.05) is 39.3 Å². The predicted octanol–water partition coefficient (Wildman–Crippen LogP) is 2.56. The van der Waals surface area contributed by atoms with Gasteiger partial charge >= 0.3 is 5.97 Å². The first-order valence-corrected chi connectivity index (χ1v) is 8.92. The highest BCUT2D eigenvalue weighted by atomic mass is 35.5. The molecule has 0 spiro atoms. The lowest BCUT2D eigenvalue weighted by molar-refractivity contribution is -0.139. The van der Waals surface area contributed by atoms with Crippen molar-refractivity contribution < 1.29 is 19.4 Å². The van der Waals surface area contributed by atoms with Crippen LogP contribution < -0.4 is 4.74 Å². The second-order valence-electron chi connectivity index (χ2n) is 6.43. The molecule has 0 aliphatic carbocycles. The molecule has 1 aliphatic heterocycles. The number of carbonyl (C=O) groups is 2. The molecular weight excluding hydrogens is 356 g/mol. The minimum Gasteiger partial charge on any atom is -0.491 e. The van der Waals surface area contributed by atoms with Crippen LogP contribution >= 0.6 is 12.4 Å². The van der Waals surface area contributed by atoms with Gasteiger partial charge in [-0.1, -0.05) is 19.1 Å². The lowest BCUT2D eigenvalue weighted by atomic mass is 10.0. The Labute approximate surface area is 161 Å².